The standard InChI is InChI=1S/C17H11Cl4F3O3/c18-13-7-12(25-5-4-15(20)21)8-14(19)16(13)26-9-10-2-1-3-11(6-10)27-17(22,23)24/h1-4,6-8H,5,9H2. The minimum absolute atomic E-state index is 0.0591. The van der Waals surface area contributed by atoms with Crippen molar-refractivity contribution < 1.29 is 27.4 Å². The van der Waals surface area contributed by atoms with Crippen LogP contribution in [0.2, 0.25) is 10.0 Å². The molecule has 0 unspecified atom stereocenters. The minimum Gasteiger partial charge on any atom is -0.489 e. The molecule has 0 aliphatic carbocycles. The van der Waals surface area contributed by atoms with Crippen LogP contribution >= 0.6 is 46.4 Å². The SMILES string of the molecule is FC(F)(F)Oc1cccc(COc2c(Cl)cc(OCC=C(Cl)Cl)cc2Cl)c1. The molecular weight excluding hydrogens is 451 g/mol. The second-order valence-corrected chi connectivity index (χ2v) is 6.83. The van der Waals surface area contributed by atoms with E-state index in [-0.39, 0.29) is 39.2 Å². The van der Waals surface area contributed by atoms with Crippen LogP contribution in [0.4, 0.5) is 13.2 Å². The summed E-state index contributed by atoms with van der Waals surface area (Å²) in [5, 5.41) is 0.335. The predicted molar refractivity (Wildman–Crippen MR) is 99.2 cm³/mol. The van der Waals surface area contributed by atoms with Crippen LogP contribution in [0.15, 0.2) is 47.0 Å². The van der Waals surface area contributed by atoms with E-state index in [9.17, 15) is 13.2 Å². The highest BCUT2D eigenvalue weighted by Crippen LogP contribution is 2.37. The van der Waals surface area contributed by atoms with Crippen LogP contribution in [-0.2, 0) is 6.61 Å². The van der Waals surface area contributed by atoms with E-state index in [4.69, 9.17) is 55.9 Å². The van der Waals surface area contributed by atoms with Crippen molar-refractivity contribution in [3.8, 4) is 17.2 Å². The van der Waals surface area contributed by atoms with E-state index in [0.29, 0.717) is 11.3 Å². The van der Waals surface area contributed by atoms with Gasteiger partial charge in [-0.25, -0.2) is 0 Å². The van der Waals surface area contributed by atoms with Gasteiger partial charge in [-0.15, -0.1) is 13.2 Å². The van der Waals surface area contributed by atoms with Gasteiger partial charge >= 0.3 is 6.36 Å². The van der Waals surface area contributed by atoms with E-state index >= 15 is 0 Å². The van der Waals surface area contributed by atoms with Crippen molar-refractivity contribution in [1.82, 2.24) is 0 Å². The van der Waals surface area contributed by atoms with Crippen molar-refractivity contribution in [2.75, 3.05) is 6.61 Å². The van der Waals surface area contributed by atoms with Gasteiger partial charge in [-0.1, -0.05) is 58.5 Å². The van der Waals surface area contributed by atoms with Gasteiger partial charge in [0.25, 0.3) is 0 Å². The average Bonchev–Trinajstić information content (AvgIpc) is 2.52. The molecule has 27 heavy (non-hydrogen) atoms. The molecule has 2 aromatic rings. The van der Waals surface area contributed by atoms with Crippen molar-refractivity contribution in [2.24, 2.45) is 0 Å². The molecule has 0 radical (unpaired) electrons. The zero-order chi connectivity index (χ0) is 20.0. The maximum Gasteiger partial charge on any atom is 0.573 e. The third-order valence-corrected chi connectivity index (χ3v) is 3.84. The van der Waals surface area contributed by atoms with Crippen LogP contribution in [0.5, 0.6) is 17.2 Å². The monoisotopic (exact) mass is 460 g/mol. The number of benzene rings is 2. The summed E-state index contributed by atoms with van der Waals surface area (Å²) in [5.74, 6) is 0.179. The maximum atomic E-state index is 12.3. The molecule has 3 nitrogen and oxygen atoms in total. The third kappa shape index (κ3) is 7.58. The molecule has 0 aromatic heterocycles. The Morgan fingerprint density at radius 3 is 2.22 bits per heavy atom. The maximum absolute atomic E-state index is 12.3. The fraction of sp³-hybridized carbons (Fsp3) is 0.176. The molecule has 0 N–H and O–H groups in total. The van der Waals surface area contributed by atoms with Gasteiger partial charge in [-0.2, -0.15) is 0 Å². The normalized spacial score (nSPS) is 11.1. The van der Waals surface area contributed by atoms with Gasteiger partial charge in [-0.3, -0.25) is 0 Å². The Balaban J connectivity index is 2.05. The molecule has 0 aliphatic heterocycles. The van der Waals surface area contributed by atoms with Gasteiger partial charge < -0.3 is 14.2 Å². The molecule has 0 aliphatic rings. The Kier molecular flexibility index (Phi) is 7.79. The van der Waals surface area contributed by atoms with Crippen molar-refractivity contribution in [3.63, 3.8) is 0 Å². The Morgan fingerprint density at radius 1 is 0.963 bits per heavy atom. The quantitative estimate of drug-likeness (QED) is 0.437. The summed E-state index contributed by atoms with van der Waals surface area (Å²) in [7, 11) is 0. The minimum atomic E-state index is -4.77. The average molecular weight is 462 g/mol. The van der Waals surface area contributed by atoms with Crippen LogP contribution < -0.4 is 14.2 Å². The molecule has 0 saturated heterocycles. The molecular formula is C17H11Cl4F3O3. The summed E-state index contributed by atoms with van der Waals surface area (Å²) in [6.45, 7) is 0.0421. The Labute approximate surface area is 173 Å². The van der Waals surface area contributed by atoms with E-state index in [0.717, 1.165) is 0 Å². The first-order valence-corrected chi connectivity index (χ1v) is 8.76. The van der Waals surface area contributed by atoms with Crippen LogP contribution in [0, 0.1) is 0 Å². The zero-order valence-corrected chi connectivity index (χ0v) is 16.3. The first-order valence-electron chi connectivity index (χ1n) is 7.24. The molecule has 0 heterocycles. The highest BCUT2D eigenvalue weighted by atomic mass is 35.5. The molecule has 2 rings (SSSR count). The van der Waals surface area contributed by atoms with Crippen molar-refractivity contribution >= 4 is 46.4 Å². The molecule has 0 fully saturated rings. The van der Waals surface area contributed by atoms with Crippen molar-refractivity contribution in [1.29, 1.82) is 0 Å². The second kappa shape index (κ2) is 9.64. The highest BCUT2D eigenvalue weighted by molar-refractivity contribution is 6.55. The largest absolute Gasteiger partial charge is 0.573 e. The summed E-state index contributed by atoms with van der Waals surface area (Å²) in [6, 6.07) is 8.32. The summed E-state index contributed by atoms with van der Waals surface area (Å²) in [4.78, 5) is 0. The van der Waals surface area contributed by atoms with E-state index in [1.807, 2.05) is 0 Å². The lowest BCUT2D eigenvalue weighted by Gasteiger charge is -2.13. The number of ether oxygens (including phenoxy) is 3. The molecule has 0 saturated carbocycles. The highest BCUT2D eigenvalue weighted by Gasteiger charge is 2.31. The van der Waals surface area contributed by atoms with Crippen LogP contribution in [0.25, 0.3) is 0 Å². The van der Waals surface area contributed by atoms with E-state index in [1.54, 1.807) is 6.07 Å². The number of hydrogen-bond acceptors (Lipinski definition) is 3. The Bertz CT molecular complexity index is 798. The lowest BCUT2D eigenvalue weighted by molar-refractivity contribution is -0.274. The molecule has 0 atom stereocenters. The van der Waals surface area contributed by atoms with E-state index in [2.05, 4.69) is 4.74 Å². The van der Waals surface area contributed by atoms with Gasteiger partial charge in [-0.05, 0) is 23.8 Å². The fourth-order valence-electron chi connectivity index (χ4n) is 1.95. The van der Waals surface area contributed by atoms with Crippen LogP contribution in [-0.4, -0.2) is 13.0 Å². The lowest BCUT2D eigenvalue weighted by atomic mass is 10.2. The zero-order valence-electron chi connectivity index (χ0n) is 13.3. The third-order valence-electron chi connectivity index (χ3n) is 2.97. The molecule has 0 bridgehead atoms. The van der Waals surface area contributed by atoms with E-state index < -0.39 is 6.36 Å². The second-order valence-electron chi connectivity index (χ2n) is 5.00. The number of alkyl halides is 3. The molecule has 2 aromatic carbocycles. The first kappa shape index (κ1) is 21.8. The topological polar surface area (TPSA) is 27.7 Å². The van der Waals surface area contributed by atoms with Gasteiger partial charge in [0.05, 0.1) is 10.0 Å². The van der Waals surface area contributed by atoms with Gasteiger partial charge in [0.1, 0.15) is 29.2 Å². The van der Waals surface area contributed by atoms with Gasteiger partial charge in [0.15, 0.2) is 5.75 Å². The first-order chi connectivity index (χ1) is 12.6. The predicted octanol–water partition coefficient (Wildman–Crippen LogP) is 7.17. The molecule has 0 amide bonds. The van der Waals surface area contributed by atoms with Crippen molar-refractivity contribution in [3.05, 3.63) is 62.6 Å². The Morgan fingerprint density at radius 2 is 1.63 bits per heavy atom. The number of rotatable bonds is 7. The fourth-order valence-corrected chi connectivity index (χ4v) is 2.65. The summed E-state index contributed by atoms with van der Waals surface area (Å²) in [6.07, 6.45) is -3.34. The molecule has 10 heteroatoms. The summed E-state index contributed by atoms with van der Waals surface area (Å²) in [5.41, 5.74) is 0.436. The summed E-state index contributed by atoms with van der Waals surface area (Å²) >= 11 is 23.2. The summed E-state index contributed by atoms with van der Waals surface area (Å²) < 4.78 is 51.7. The van der Waals surface area contributed by atoms with E-state index in [1.165, 1.54) is 36.4 Å². The molecule has 0 spiro atoms. The Hall–Kier alpha value is -1.47. The van der Waals surface area contributed by atoms with Crippen LogP contribution in [0.1, 0.15) is 5.56 Å². The lowest BCUT2D eigenvalue weighted by Crippen LogP contribution is -2.17. The van der Waals surface area contributed by atoms with Crippen LogP contribution in [0.3, 0.4) is 0 Å². The van der Waals surface area contributed by atoms with Gasteiger partial charge in [0, 0.05) is 12.1 Å². The van der Waals surface area contributed by atoms with Gasteiger partial charge in [0.2, 0.25) is 0 Å². The smallest absolute Gasteiger partial charge is 0.489 e. The number of hydrogen-bond donors (Lipinski definition) is 0. The number of halogens is 7. The molecule has 146 valence electrons. The van der Waals surface area contributed by atoms with Crippen molar-refractivity contribution in [2.45, 2.75) is 13.0 Å².